The number of pyridine rings is 1. The second-order valence-corrected chi connectivity index (χ2v) is 7.12. The van der Waals surface area contributed by atoms with Crippen LogP contribution >= 0.6 is 11.6 Å². The highest BCUT2D eigenvalue weighted by Crippen LogP contribution is 2.21. The molecular weight excluding hydrogens is 378 g/mol. The van der Waals surface area contributed by atoms with E-state index in [9.17, 15) is 9.59 Å². The van der Waals surface area contributed by atoms with Crippen LogP contribution in [-0.2, 0) is 0 Å². The maximum atomic E-state index is 12.8. The molecule has 2 N–H and O–H groups in total. The molecule has 0 aliphatic carbocycles. The van der Waals surface area contributed by atoms with Gasteiger partial charge >= 0.3 is 0 Å². The molecule has 0 saturated carbocycles. The van der Waals surface area contributed by atoms with Crippen molar-refractivity contribution < 1.29 is 9.59 Å². The van der Waals surface area contributed by atoms with Crippen molar-refractivity contribution >= 4 is 34.6 Å². The first kappa shape index (κ1) is 19.9. The fourth-order valence-corrected chi connectivity index (χ4v) is 2.88. The van der Waals surface area contributed by atoms with Gasteiger partial charge in [0.15, 0.2) is 5.69 Å². The molecule has 0 bridgehead atoms. The quantitative estimate of drug-likeness (QED) is 0.668. The Labute approximate surface area is 168 Å². The third kappa shape index (κ3) is 4.32. The number of rotatable bonds is 6. The Morgan fingerprint density at radius 1 is 1.18 bits per heavy atom. The molecule has 2 amide bonds. The number of carbonyl (C=O) groups is 2. The Balaban J connectivity index is 1.87. The van der Waals surface area contributed by atoms with E-state index in [1.165, 1.54) is 0 Å². The van der Waals surface area contributed by atoms with Gasteiger partial charge in [0.2, 0.25) is 5.82 Å². The van der Waals surface area contributed by atoms with Crippen LogP contribution in [0.5, 0.6) is 0 Å². The van der Waals surface area contributed by atoms with Gasteiger partial charge in [0.1, 0.15) is 0 Å². The summed E-state index contributed by atoms with van der Waals surface area (Å²) in [6, 6.07) is 10.6. The van der Waals surface area contributed by atoms with Gasteiger partial charge in [-0.3, -0.25) is 14.0 Å². The molecule has 2 heterocycles. The molecular formula is C20H22ClN5O2. The second-order valence-electron chi connectivity index (χ2n) is 6.72. The van der Waals surface area contributed by atoms with Crippen LogP contribution in [0.3, 0.4) is 0 Å². The van der Waals surface area contributed by atoms with Crippen molar-refractivity contribution in [1.29, 1.82) is 0 Å². The minimum atomic E-state index is -0.407. The summed E-state index contributed by atoms with van der Waals surface area (Å²) >= 11 is 6.13. The number of hydrogen-bond acceptors (Lipinski definition) is 4. The van der Waals surface area contributed by atoms with E-state index in [1.807, 2.05) is 32.0 Å². The molecule has 0 radical (unpaired) electrons. The highest BCUT2D eigenvalue weighted by molar-refractivity contribution is 6.31. The van der Waals surface area contributed by atoms with Gasteiger partial charge in [0, 0.05) is 30.0 Å². The molecule has 8 heteroatoms. The van der Waals surface area contributed by atoms with Crippen molar-refractivity contribution in [2.75, 3.05) is 32.5 Å². The van der Waals surface area contributed by atoms with E-state index < -0.39 is 5.91 Å². The minimum Gasteiger partial charge on any atom is -0.348 e. The predicted molar refractivity (Wildman–Crippen MR) is 110 cm³/mol. The largest absolute Gasteiger partial charge is 0.348 e. The molecule has 0 atom stereocenters. The van der Waals surface area contributed by atoms with Crippen LogP contribution in [0, 0.1) is 6.92 Å². The van der Waals surface area contributed by atoms with Gasteiger partial charge in [0.05, 0.1) is 5.52 Å². The zero-order valence-corrected chi connectivity index (χ0v) is 16.7. The number of aryl methyl sites for hydroxylation is 1. The minimum absolute atomic E-state index is 0.168. The first-order valence-electron chi connectivity index (χ1n) is 8.84. The van der Waals surface area contributed by atoms with Crippen molar-refractivity contribution in [1.82, 2.24) is 19.6 Å². The Morgan fingerprint density at radius 2 is 1.96 bits per heavy atom. The lowest BCUT2D eigenvalue weighted by Crippen LogP contribution is -2.32. The van der Waals surface area contributed by atoms with Gasteiger partial charge < -0.3 is 15.5 Å². The summed E-state index contributed by atoms with van der Waals surface area (Å²) in [5.41, 5.74) is 2.21. The van der Waals surface area contributed by atoms with Gasteiger partial charge in [-0.2, -0.15) is 0 Å². The molecule has 3 rings (SSSR count). The summed E-state index contributed by atoms with van der Waals surface area (Å²) in [5.74, 6) is -0.571. The molecule has 3 aromatic rings. The number of aromatic nitrogens is 2. The molecule has 0 aliphatic rings. The SMILES string of the molecule is Cc1ccc(NC(=O)c2nc(C(=O)NCCN(C)C)n3ccccc23)cc1Cl. The summed E-state index contributed by atoms with van der Waals surface area (Å²) in [5, 5.41) is 6.18. The van der Waals surface area contributed by atoms with Crippen LogP contribution in [-0.4, -0.2) is 53.3 Å². The predicted octanol–water partition coefficient (Wildman–Crippen LogP) is 2.84. The van der Waals surface area contributed by atoms with E-state index >= 15 is 0 Å². The molecule has 0 aliphatic heterocycles. The molecule has 28 heavy (non-hydrogen) atoms. The standard InChI is InChI=1S/C20H22ClN5O2/c1-13-7-8-14(12-15(13)21)23-19(27)17-16-6-4-5-10-26(16)18(24-17)20(28)22-9-11-25(2)3/h4-8,10,12H,9,11H2,1-3H3,(H,22,28)(H,23,27). The normalized spacial score (nSPS) is 11.0. The summed E-state index contributed by atoms with van der Waals surface area (Å²) < 4.78 is 1.61. The smallest absolute Gasteiger partial charge is 0.287 e. The number of benzene rings is 1. The Hall–Kier alpha value is -2.90. The molecule has 0 unspecified atom stereocenters. The van der Waals surface area contributed by atoms with Crippen molar-refractivity contribution in [3.05, 3.63) is 64.7 Å². The summed E-state index contributed by atoms with van der Waals surface area (Å²) in [6.07, 6.45) is 1.71. The van der Waals surface area contributed by atoms with Gasteiger partial charge in [-0.1, -0.05) is 23.7 Å². The van der Waals surface area contributed by atoms with E-state index in [0.29, 0.717) is 29.3 Å². The monoisotopic (exact) mass is 399 g/mol. The van der Waals surface area contributed by atoms with Crippen LogP contribution in [0.4, 0.5) is 5.69 Å². The number of fused-ring (bicyclic) bond motifs is 1. The Morgan fingerprint density at radius 3 is 2.68 bits per heavy atom. The van der Waals surface area contributed by atoms with Crippen molar-refractivity contribution in [2.45, 2.75) is 6.92 Å². The third-order valence-electron chi connectivity index (χ3n) is 4.24. The molecule has 146 valence electrons. The van der Waals surface area contributed by atoms with Crippen molar-refractivity contribution in [2.24, 2.45) is 0 Å². The van der Waals surface area contributed by atoms with E-state index in [2.05, 4.69) is 15.6 Å². The molecule has 2 aromatic heterocycles. The van der Waals surface area contributed by atoms with Crippen LogP contribution < -0.4 is 10.6 Å². The van der Waals surface area contributed by atoms with Crippen molar-refractivity contribution in [3.8, 4) is 0 Å². The number of nitrogens with one attached hydrogen (secondary N) is 2. The van der Waals surface area contributed by atoms with Crippen LogP contribution in [0.1, 0.15) is 26.7 Å². The number of amides is 2. The first-order chi connectivity index (χ1) is 13.4. The average Bonchev–Trinajstić information content (AvgIpc) is 3.04. The summed E-state index contributed by atoms with van der Waals surface area (Å²) in [4.78, 5) is 31.6. The summed E-state index contributed by atoms with van der Waals surface area (Å²) in [7, 11) is 3.85. The van der Waals surface area contributed by atoms with Gasteiger partial charge in [-0.05, 0) is 50.8 Å². The maximum Gasteiger partial charge on any atom is 0.287 e. The first-order valence-corrected chi connectivity index (χ1v) is 9.22. The fraction of sp³-hybridized carbons (Fsp3) is 0.250. The number of anilines is 1. The van der Waals surface area contributed by atoms with Crippen LogP contribution in [0.15, 0.2) is 42.6 Å². The molecule has 0 saturated heterocycles. The lowest BCUT2D eigenvalue weighted by atomic mass is 10.2. The highest BCUT2D eigenvalue weighted by atomic mass is 35.5. The Bertz CT molecular complexity index is 1030. The number of imidazole rings is 1. The van der Waals surface area contributed by atoms with E-state index in [1.54, 1.807) is 40.9 Å². The van der Waals surface area contributed by atoms with E-state index in [4.69, 9.17) is 11.6 Å². The topological polar surface area (TPSA) is 78.7 Å². The molecule has 0 spiro atoms. The lowest BCUT2D eigenvalue weighted by Gasteiger charge is -2.09. The molecule has 1 aromatic carbocycles. The average molecular weight is 400 g/mol. The summed E-state index contributed by atoms with van der Waals surface area (Å²) in [6.45, 7) is 3.07. The van der Waals surface area contributed by atoms with E-state index in [-0.39, 0.29) is 17.4 Å². The fourth-order valence-electron chi connectivity index (χ4n) is 2.70. The lowest BCUT2D eigenvalue weighted by molar-refractivity contribution is 0.0940. The zero-order chi connectivity index (χ0) is 20.3. The van der Waals surface area contributed by atoms with Gasteiger partial charge in [-0.15, -0.1) is 0 Å². The second kappa shape index (κ2) is 8.41. The van der Waals surface area contributed by atoms with Crippen LogP contribution in [0.25, 0.3) is 5.52 Å². The van der Waals surface area contributed by atoms with Gasteiger partial charge in [-0.25, -0.2) is 4.98 Å². The number of nitrogens with zero attached hydrogens (tertiary/aromatic N) is 3. The third-order valence-corrected chi connectivity index (χ3v) is 4.65. The van der Waals surface area contributed by atoms with Crippen LogP contribution in [0.2, 0.25) is 5.02 Å². The number of halogens is 1. The van der Waals surface area contributed by atoms with Crippen molar-refractivity contribution in [3.63, 3.8) is 0 Å². The highest BCUT2D eigenvalue weighted by Gasteiger charge is 2.21. The van der Waals surface area contributed by atoms with E-state index in [0.717, 1.165) is 5.56 Å². The molecule has 7 nitrogen and oxygen atoms in total. The number of likely N-dealkylation sites (N-methyl/N-ethyl adjacent to an activating group) is 1. The Kier molecular flexibility index (Phi) is 5.96. The van der Waals surface area contributed by atoms with Gasteiger partial charge in [0.25, 0.3) is 11.8 Å². The zero-order valence-electron chi connectivity index (χ0n) is 16.0. The number of hydrogen-bond donors (Lipinski definition) is 2. The number of carbonyl (C=O) groups excluding carboxylic acids is 2. The molecule has 0 fully saturated rings. The maximum absolute atomic E-state index is 12.8.